The first kappa shape index (κ1) is 17.2. The average molecular weight is 385 g/mol. The Balaban J connectivity index is 1.63. The molecule has 0 aliphatic rings. The Morgan fingerprint density at radius 2 is 1.59 bits per heavy atom. The summed E-state index contributed by atoms with van der Waals surface area (Å²) in [5, 5.41) is 14.1. The molecule has 0 radical (unpaired) electrons. The van der Waals surface area contributed by atoms with Gasteiger partial charge in [0.05, 0.1) is 25.9 Å². The second-order valence-corrected chi connectivity index (χ2v) is 6.78. The van der Waals surface area contributed by atoms with Crippen molar-refractivity contribution in [2.24, 2.45) is 7.05 Å². The highest BCUT2D eigenvalue weighted by Crippen LogP contribution is 2.32. The quantitative estimate of drug-likeness (QED) is 0.468. The molecule has 0 bridgehead atoms. The summed E-state index contributed by atoms with van der Waals surface area (Å²) in [5.41, 5.74) is 4.96. The number of benzene rings is 2. The van der Waals surface area contributed by atoms with E-state index in [4.69, 9.17) is 9.47 Å². The standard InChI is InChI=1S/C22H19N5O2/c1-26-18-7-4-14(10-17(18)12-23-26)16-6-9-21-24-25-22(27(21)13-16)15-5-8-19(28-2)20(11-15)29-3/h4-13H,1-3H3. The second-order valence-electron chi connectivity index (χ2n) is 6.78. The van der Waals surface area contributed by atoms with Crippen LogP contribution in [0, 0.1) is 0 Å². The van der Waals surface area contributed by atoms with Crippen molar-refractivity contribution in [1.29, 1.82) is 0 Å². The summed E-state index contributed by atoms with van der Waals surface area (Å²) in [4.78, 5) is 0. The molecule has 0 atom stereocenters. The fourth-order valence-electron chi connectivity index (χ4n) is 3.58. The lowest BCUT2D eigenvalue weighted by Crippen LogP contribution is -1.94. The molecule has 5 aromatic rings. The topological polar surface area (TPSA) is 66.5 Å². The molecule has 0 saturated heterocycles. The molecule has 7 heteroatoms. The number of nitrogens with zero attached hydrogens (tertiary/aromatic N) is 5. The molecule has 0 amide bonds. The molecule has 0 saturated carbocycles. The molecule has 144 valence electrons. The Labute approximate surface area is 167 Å². The van der Waals surface area contributed by atoms with Crippen molar-refractivity contribution in [3.05, 3.63) is 60.9 Å². The number of methoxy groups -OCH3 is 2. The number of rotatable bonds is 4. The van der Waals surface area contributed by atoms with Crippen LogP contribution in [0.3, 0.4) is 0 Å². The SMILES string of the molecule is COc1ccc(-c2nnc3ccc(-c4ccc5c(cnn5C)c4)cn23)cc1OC. The summed E-state index contributed by atoms with van der Waals surface area (Å²) >= 11 is 0. The van der Waals surface area contributed by atoms with Crippen LogP contribution in [-0.2, 0) is 7.05 Å². The first-order valence-corrected chi connectivity index (χ1v) is 9.17. The van der Waals surface area contributed by atoms with Crippen molar-refractivity contribution < 1.29 is 9.47 Å². The van der Waals surface area contributed by atoms with Crippen LogP contribution < -0.4 is 9.47 Å². The molecule has 0 fully saturated rings. The third-order valence-corrected chi connectivity index (χ3v) is 5.12. The average Bonchev–Trinajstić information content (AvgIpc) is 3.36. The summed E-state index contributed by atoms with van der Waals surface area (Å²) in [7, 11) is 5.19. The van der Waals surface area contributed by atoms with Crippen molar-refractivity contribution in [1.82, 2.24) is 24.4 Å². The summed E-state index contributed by atoms with van der Waals surface area (Å²) in [6.45, 7) is 0. The van der Waals surface area contributed by atoms with Crippen molar-refractivity contribution in [2.45, 2.75) is 0 Å². The van der Waals surface area contributed by atoms with Gasteiger partial charge in [-0.1, -0.05) is 6.07 Å². The van der Waals surface area contributed by atoms with Crippen molar-refractivity contribution in [2.75, 3.05) is 14.2 Å². The number of aryl methyl sites for hydroxylation is 1. The predicted octanol–water partition coefficient (Wildman–Crippen LogP) is 3.97. The highest BCUT2D eigenvalue weighted by molar-refractivity contribution is 5.84. The summed E-state index contributed by atoms with van der Waals surface area (Å²) in [6, 6.07) is 16.1. The first-order valence-electron chi connectivity index (χ1n) is 9.17. The lowest BCUT2D eigenvalue weighted by molar-refractivity contribution is 0.355. The van der Waals surface area contributed by atoms with Crippen LogP contribution in [0.2, 0.25) is 0 Å². The summed E-state index contributed by atoms with van der Waals surface area (Å²) in [5.74, 6) is 2.07. The van der Waals surface area contributed by atoms with E-state index in [-0.39, 0.29) is 0 Å². The molecule has 0 aliphatic carbocycles. The van der Waals surface area contributed by atoms with E-state index >= 15 is 0 Å². The van der Waals surface area contributed by atoms with Crippen LogP contribution in [0.1, 0.15) is 0 Å². The van der Waals surface area contributed by atoms with Crippen molar-refractivity contribution >= 4 is 16.6 Å². The molecule has 29 heavy (non-hydrogen) atoms. The van der Waals surface area contributed by atoms with Crippen LogP contribution in [-0.4, -0.2) is 38.6 Å². The molecule has 7 nitrogen and oxygen atoms in total. The van der Waals surface area contributed by atoms with E-state index in [9.17, 15) is 0 Å². The molecular formula is C22H19N5O2. The Morgan fingerprint density at radius 3 is 2.41 bits per heavy atom. The molecule has 3 aromatic heterocycles. The van der Waals surface area contributed by atoms with E-state index in [0.717, 1.165) is 39.1 Å². The zero-order valence-corrected chi connectivity index (χ0v) is 16.3. The highest BCUT2D eigenvalue weighted by atomic mass is 16.5. The van der Waals surface area contributed by atoms with Gasteiger partial charge >= 0.3 is 0 Å². The fraction of sp³-hybridized carbons (Fsp3) is 0.136. The molecule has 0 N–H and O–H groups in total. The van der Waals surface area contributed by atoms with Crippen LogP contribution in [0.25, 0.3) is 39.1 Å². The van der Waals surface area contributed by atoms with E-state index in [1.165, 1.54) is 0 Å². The van der Waals surface area contributed by atoms with E-state index in [2.05, 4.69) is 45.8 Å². The van der Waals surface area contributed by atoms with E-state index < -0.39 is 0 Å². The van der Waals surface area contributed by atoms with Gasteiger partial charge in [0.1, 0.15) is 0 Å². The Bertz CT molecular complexity index is 1350. The molecule has 5 rings (SSSR count). The normalized spacial score (nSPS) is 11.3. The van der Waals surface area contributed by atoms with Gasteiger partial charge in [-0.15, -0.1) is 10.2 Å². The van der Waals surface area contributed by atoms with Gasteiger partial charge in [-0.05, 0) is 53.6 Å². The van der Waals surface area contributed by atoms with Gasteiger partial charge in [0.2, 0.25) is 0 Å². The van der Waals surface area contributed by atoms with Crippen LogP contribution in [0.4, 0.5) is 0 Å². The van der Waals surface area contributed by atoms with Gasteiger partial charge in [-0.25, -0.2) is 0 Å². The first-order chi connectivity index (χ1) is 14.2. The third kappa shape index (κ3) is 2.79. The number of fused-ring (bicyclic) bond motifs is 2. The van der Waals surface area contributed by atoms with Gasteiger partial charge in [0, 0.05) is 24.2 Å². The fourth-order valence-corrected chi connectivity index (χ4v) is 3.58. The van der Waals surface area contributed by atoms with Gasteiger partial charge in [-0.2, -0.15) is 5.10 Å². The largest absolute Gasteiger partial charge is 0.493 e. The van der Waals surface area contributed by atoms with Crippen LogP contribution >= 0.6 is 0 Å². The van der Waals surface area contributed by atoms with E-state index in [0.29, 0.717) is 11.5 Å². The molecular weight excluding hydrogens is 366 g/mol. The Hall–Kier alpha value is -3.87. The molecule has 2 aromatic carbocycles. The van der Waals surface area contributed by atoms with Gasteiger partial charge in [0.15, 0.2) is 23.0 Å². The van der Waals surface area contributed by atoms with Gasteiger partial charge in [0.25, 0.3) is 0 Å². The molecule has 0 unspecified atom stereocenters. The number of aromatic nitrogens is 5. The number of hydrogen-bond acceptors (Lipinski definition) is 5. The zero-order valence-electron chi connectivity index (χ0n) is 16.3. The van der Waals surface area contributed by atoms with E-state index in [1.807, 2.05) is 46.6 Å². The Kier molecular flexibility index (Phi) is 3.94. The summed E-state index contributed by atoms with van der Waals surface area (Å²) in [6.07, 6.45) is 3.93. The van der Waals surface area contributed by atoms with E-state index in [1.54, 1.807) is 14.2 Å². The minimum Gasteiger partial charge on any atom is -0.493 e. The van der Waals surface area contributed by atoms with Crippen molar-refractivity contribution in [3.63, 3.8) is 0 Å². The Morgan fingerprint density at radius 1 is 0.793 bits per heavy atom. The second kappa shape index (κ2) is 6.63. The predicted molar refractivity (Wildman–Crippen MR) is 111 cm³/mol. The van der Waals surface area contributed by atoms with Gasteiger partial charge < -0.3 is 9.47 Å². The zero-order chi connectivity index (χ0) is 20.0. The maximum absolute atomic E-state index is 5.43. The molecule has 0 aliphatic heterocycles. The lowest BCUT2D eigenvalue weighted by atomic mass is 10.1. The summed E-state index contributed by atoms with van der Waals surface area (Å²) < 4.78 is 14.6. The maximum Gasteiger partial charge on any atom is 0.168 e. The maximum atomic E-state index is 5.43. The number of pyridine rings is 1. The monoisotopic (exact) mass is 385 g/mol. The highest BCUT2D eigenvalue weighted by Gasteiger charge is 2.13. The van der Waals surface area contributed by atoms with Crippen LogP contribution in [0.5, 0.6) is 11.5 Å². The lowest BCUT2D eigenvalue weighted by Gasteiger charge is -2.09. The minimum absolute atomic E-state index is 0.653. The van der Waals surface area contributed by atoms with Crippen molar-refractivity contribution in [3.8, 4) is 34.0 Å². The number of ether oxygens (including phenoxy) is 2. The third-order valence-electron chi connectivity index (χ3n) is 5.12. The van der Waals surface area contributed by atoms with Crippen LogP contribution in [0.15, 0.2) is 60.9 Å². The molecule has 0 spiro atoms. The van der Waals surface area contributed by atoms with Gasteiger partial charge in [-0.3, -0.25) is 9.08 Å². The number of hydrogen-bond donors (Lipinski definition) is 0. The smallest absolute Gasteiger partial charge is 0.168 e. The minimum atomic E-state index is 0.653. The molecule has 3 heterocycles.